The Morgan fingerprint density at radius 2 is 2.21 bits per heavy atom. The van der Waals surface area contributed by atoms with Crippen molar-refractivity contribution in [2.24, 2.45) is 0 Å². The van der Waals surface area contributed by atoms with E-state index in [1.807, 2.05) is 6.08 Å². The molecule has 3 nitrogen and oxygen atoms in total. The van der Waals surface area contributed by atoms with E-state index in [0.29, 0.717) is 5.57 Å². The number of hydrogen-bond donors (Lipinski definition) is 1. The first-order valence-corrected chi connectivity index (χ1v) is 5.09. The van der Waals surface area contributed by atoms with Crippen LogP contribution in [0.5, 0.6) is 0 Å². The van der Waals surface area contributed by atoms with Crippen LogP contribution >= 0.6 is 0 Å². The monoisotopic (exact) mass is 200 g/mol. The maximum atomic E-state index is 11.2. The van der Waals surface area contributed by atoms with E-state index in [-0.39, 0.29) is 12.6 Å². The van der Waals surface area contributed by atoms with Gasteiger partial charge < -0.3 is 9.84 Å². The highest BCUT2D eigenvalue weighted by molar-refractivity contribution is 5.87. The topological polar surface area (TPSA) is 46.5 Å². The molecule has 0 heterocycles. The summed E-state index contributed by atoms with van der Waals surface area (Å²) in [5.74, 6) is -0.331. The predicted molar refractivity (Wildman–Crippen MR) is 55.9 cm³/mol. The number of allylic oxidation sites excluding steroid dienone is 1. The molecule has 0 radical (unpaired) electrons. The second-order valence-corrected chi connectivity index (χ2v) is 3.48. The summed E-state index contributed by atoms with van der Waals surface area (Å²) in [6, 6.07) is 0. The number of unbranched alkanes of at least 4 members (excludes halogenated alkanes) is 2. The highest BCUT2D eigenvalue weighted by Crippen LogP contribution is 2.03. The summed E-state index contributed by atoms with van der Waals surface area (Å²) in [4.78, 5) is 11.2. The molecule has 1 unspecified atom stereocenters. The van der Waals surface area contributed by atoms with Crippen LogP contribution < -0.4 is 0 Å². The average Bonchev–Trinajstić information content (AvgIpc) is 2.14. The zero-order chi connectivity index (χ0) is 11.0. The zero-order valence-electron chi connectivity index (χ0n) is 9.25. The number of aliphatic hydroxyl groups is 1. The molecule has 0 saturated carbocycles. The van der Waals surface area contributed by atoms with E-state index in [9.17, 15) is 4.79 Å². The first-order chi connectivity index (χ1) is 6.57. The lowest BCUT2D eigenvalue weighted by molar-refractivity contribution is -0.141. The molecular formula is C11H20O3. The Hall–Kier alpha value is -0.830. The minimum absolute atomic E-state index is 0.0673. The van der Waals surface area contributed by atoms with Crippen LogP contribution in [-0.4, -0.2) is 23.8 Å². The van der Waals surface area contributed by atoms with Gasteiger partial charge in [-0.3, -0.25) is 0 Å². The maximum absolute atomic E-state index is 11.2. The number of ether oxygens (including phenoxy) is 1. The van der Waals surface area contributed by atoms with Crippen molar-refractivity contribution < 1.29 is 14.6 Å². The third-order valence-electron chi connectivity index (χ3n) is 1.79. The van der Waals surface area contributed by atoms with Crippen LogP contribution in [-0.2, 0) is 9.53 Å². The van der Waals surface area contributed by atoms with Crippen molar-refractivity contribution in [3.63, 3.8) is 0 Å². The lowest BCUT2D eigenvalue weighted by Crippen LogP contribution is -2.15. The molecule has 1 atom stereocenters. The molecule has 14 heavy (non-hydrogen) atoms. The molecule has 3 heteroatoms. The summed E-state index contributed by atoms with van der Waals surface area (Å²) in [6.07, 6.45) is 4.40. The van der Waals surface area contributed by atoms with Gasteiger partial charge in [0.25, 0.3) is 0 Å². The van der Waals surface area contributed by atoms with Crippen LogP contribution in [0.15, 0.2) is 11.6 Å². The standard InChI is InChI=1S/C11H20O3/c1-4-5-6-7-9(2)11(13)14-8-10(3)12/h7,10,12H,4-6,8H2,1-3H3/b9-7+. The molecule has 0 aliphatic heterocycles. The Kier molecular flexibility index (Phi) is 7.11. The van der Waals surface area contributed by atoms with Crippen LogP contribution in [0.2, 0.25) is 0 Å². The first kappa shape index (κ1) is 13.2. The molecule has 0 bridgehead atoms. The van der Waals surface area contributed by atoms with Crippen molar-refractivity contribution in [2.75, 3.05) is 6.61 Å². The zero-order valence-corrected chi connectivity index (χ0v) is 9.25. The normalized spacial score (nSPS) is 13.9. The molecule has 0 aliphatic carbocycles. The summed E-state index contributed by atoms with van der Waals surface area (Å²) in [6.45, 7) is 5.50. The number of carbonyl (C=O) groups is 1. The van der Waals surface area contributed by atoms with Gasteiger partial charge in [0.2, 0.25) is 0 Å². The third kappa shape index (κ3) is 6.66. The molecule has 0 aromatic carbocycles. The Morgan fingerprint density at radius 1 is 1.57 bits per heavy atom. The molecule has 0 saturated heterocycles. The largest absolute Gasteiger partial charge is 0.460 e. The van der Waals surface area contributed by atoms with Gasteiger partial charge in [0.15, 0.2) is 0 Å². The van der Waals surface area contributed by atoms with Crippen LogP contribution in [0.4, 0.5) is 0 Å². The molecule has 0 amide bonds. The van der Waals surface area contributed by atoms with E-state index in [1.165, 1.54) is 0 Å². The summed E-state index contributed by atoms with van der Waals surface area (Å²) >= 11 is 0. The fraction of sp³-hybridized carbons (Fsp3) is 0.727. The maximum Gasteiger partial charge on any atom is 0.333 e. The second kappa shape index (κ2) is 7.56. The molecule has 0 fully saturated rings. The van der Waals surface area contributed by atoms with Gasteiger partial charge >= 0.3 is 5.97 Å². The molecule has 0 aromatic rings. The fourth-order valence-corrected chi connectivity index (χ4v) is 0.916. The van der Waals surface area contributed by atoms with Crippen molar-refractivity contribution >= 4 is 5.97 Å². The van der Waals surface area contributed by atoms with E-state index in [4.69, 9.17) is 9.84 Å². The number of aliphatic hydroxyl groups excluding tert-OH is 1. The minimum atomic E-state index is -0.595. The molecule has 0 rings (SSSR count). The van der Waals surface area contributed by atoms with Crippen LogP contribution in [0.1, 0.15) is 40.0 Å². The Bertz CT molecular complexity index is 195. The van der Waals surface area contributed by atoms with Gasteiger partial charge in [0.1, 0.15) is 6.61 Å². The number of carbonyl (C=O) groups excluding carboxylic acids is 1. The van der Waals surface area contributed by atoms with E-state index in [1.54, 1.807) is 13.8 Å². The van der Waals surface area contributed by atoms with Gasteiger partial charge in [-0.25, -0.2) is 4.79 Å². The van der Waals surface area contributed by atoms with Gasteiger partial charge in [-0.1, -0.05) is 25.8 Å². The van der Waals surface area contributed by atoms with Crippen molar-refractivity contribution in [3.8, 4) is 0 Å². The van der Waals surface area contributed by atoms with Crippen molar-refractivity contribution in [2.45, 2.75) is 46.1 Å². The highest BCUT2D eigenvalue weighted by Gasteiger charge is 2.06. The van der Waals surface area contributed by atoms with E-state index < -0.39 is 6.10 Å². The highest BCUT2D eigenvalue weighted by atomic mass is 16.5. The number of esters is 1. The van der Waals surface area contributed by atoms with Crippen LogP contribution in [0, 0.1) is 0 Å². The quantitative estimate of drug-likeness (QED) is 0.405. The van der Waals surface area contributed by atoms with Crippen LogP contribution in [0.25, 0.3) is 0 Å². The van der Waals surface area contributed by atoms with Crippen molar-refractivity contribution in [3.05, 3.63) is 11.6 Å². The van der Waals surface area contributed by atoms with E-state index >= 15 is 0 Å². The molecular weight excluding hydrogens is 180 g/mol. The number of rotatable bonds is 6. The SMILES string of the molecule is CCCC/C=C(\C)C(=O)OCC(C)O. The van der Waals surface area contributed by atoms with Crippen molar-refractivity contribution in [1.82, 2.24) is 0 Å². The van der Waals surface area contributed by atoms with Gasteiger partial charge in [0.05, 0.1) is 6.10 Å². The van der Waals surface area contributed by atoms with Gasteiger partial charge in [0, 0.05) is 5.57 Å². The lowest BCUT2D eigenvalue weighted by atomic mass is 10.2. The Labute approximate surface area is 85.8 Å². The van der Waals surface area contributed by atoms with Gasteiger partial charge in [-0.2, -0.15) is 0 Å². The Morgan fingerprint density at radius 3 is 2.71 bits per heavy atom. The Balaban J connectivity index is 3.80. The van der Waals surface area contributed by atoms with Gasteiger partial charge in [-0.15, -0.1) is 0 Å². The summed E-state index contributed by atoms with van der Waals surface area (Å²) in [7, 11) is 0. The third-order valence-corrected chi connectivity index (χ3v) is 1.79. The van der Waals surface area contributed by atoms with Crippen molar-refractivity contribution in [1.29, 1.82) is 0 Å². The van der Waals surface area contributed by atoms with Crippen LogP contribution in [0.3, 0.4) is 0 Å². The molecule has 1 N–H and O–H groups in total. The molecule has 82 valence electrons. The molecule has 0 aliphatic rings. The van der Waals surface area contributed by atoms with Gasteiger partial charge in [-0.05, 0) is 20.3 Å². The fourth-order valence-electron chi connectivity index (χ4n) is 0.916. The first-order valence-electron chi connectivity index (χ1n) is 5.09. The molecule has 0 aromatic heterocycles. The second-order valence-electron chi connectivity index (χ2n) is 3.48. The smallest absolute Gasteiger partial charge is 0.333 e. The van der Waals surface area contributed by atoms with E-state index in [2.05, 4.69) is 6.92 Å². The number of hydrogen-bond acceptors (Lipinski definition) is 3. The lowest BCUT2D eigenvalue weighted by Gasteiger charge is -2.06. The summed E-state index contributed by atoms with van der Waals surface area (Å²) < 4.78 is 4.84. The summed E-state index contributed by atoms with van der Waals surface area (Å²) in [5.41, 5.74) is 0.624. The average molecular weight is 200 g/mol. The minimum Gasteiger partial charge on any atom is -0.460 e. The molecule has 0 spiro atoms. The summed E-state index contributed by atoms with van der Waals surface area (Å²) in [5, 5.41) is 8.90. The van der Waals surface area contributed by atoms with E-state index in [0.717, 1.165) is 19.3 Å². The predicted octanol–water partition coefficient (Wildman–Crippen LogP) is 2.05.